The number of nitrogens with zero attached hydrogens (tertiary/aromatic N) is 3. The summed E-state index contributed by atoms with van der Waals surface area (Å²) in [5.41, 5.74) is 0.507. The van der Waals surface area contributed by atoms with Crippen molar-refractivity contribution in [2.24, 2.45) is 0 Å². The summed E-state index contributed by atoms with van der Waals surface area (Å²) >= 11 is 0. The third-order valence-corrected chi connectivity index (χ3v) is 4.93. The first-order valence-corrected chi connectivity index (χ1v) is 9.75. The van der Waals surface area contributed by atoms with Gasteiger partial charge in [-0.1, -0.05) is 0 Å². The van der Waals surface area contributed by atoms with Crippen molar-refractivity contribution in [3.8, 4) is 11.1 Å². The largest absolute Gasteiger partial charge is 0.416 e. The van der Waals surface area contributed by atoms with Crippen LogP contribution >= 0.6 is 0 Å². The van der Waals surface area contributed by atoms with E-state index < -0.39 is 21.6 Å². The van der Waals surface area contributed by atoms with E-state index in [4.69, 9.17) is 0 Å². The van der Waals surface area contributed by atoms with Crippen LogP contribution in [0.1, 0.15) is 5.56 Å². The van der Waals surface area contributed by atoms with Gasteiger partial charge in [0.15, 0.2) is 0 Å². The van der Waals surface area contributed by atoms with Gasteiger partial charge in [0.25, 0.3) is 0 Å². The second-order valence-electron chi connectivity index (χ2n) is 5.99. The molecule has 3 rings (SSSR count). The van der Waals surface area contributed by atoms with Crippen LogP contribution in [0.2, 0.25) is 0 Å². The number of nitrogens with one attached hydrogen (secondary N) is 1. The van der Waals surface area contributed by atoms with Gasteiger partial charge in [0.2, 0.25) is 15.0 Å². The minimum Gasteiger partial charge on any atom is -0.368 e. The molecule has 0 aliphatic carbocycles. The van der Waals surface area contributed by atoms with Crippen molar-refractivity contribution < 1.29 is 21.6 Å². The standard InChI is InChI=1S/C16H17F3N4O2S/c1-26(24,25)15-21-9-11(10-22-15)13-8-12(16(17,18)19)2-3-14(13)23-6-4-20-5-7-23/h2-3,8-10,20H,4-7H2,1H3. The van der Waals surface area contributed by atoms with Crippen molar-refractivity contribution >= 4 is 15.5 Å². The van der Waals surface area contributed by atoms with E-state index in [1.807, 2.05) is 4.90 Å². The number of rotatable bonds is 3. The molecule has 1 aromatic heterocycles. The zero-order valence-corrected chi connectivity index (χ0v) is 14.7. The average Bonchev–Trinajstić information content (AvgIpc) is 2.60. The summed E-state index contributed by atoms with van der Waals surface area (Å²) in [5.74, 6) is 0. The number of anilines is 1. The Morgan fingerprint density at radius 3 is 2.27 bits per heavy atom. The van der Waals surface area contributed by atoms with Crippen LogP contribution in [0.4, 0.5) is 18.9 Å². The first kappa shape index (κ1) is 18.6. The predicted molar refractivity (Wildman–Crippen MR) is 90.7 cm³/mol. The second-order valence-corrected chi connectivity index (χ2v) is 7.90. The molecular formula is C16H17F3N4O2S. The number of piperazine rings is 1. The van der Waals surface area contributed by atoms with Crippen LogP contribution in [0, 0.1) is 0 Å². The summed E-state index contributed by atoms with van der Waals surface area (Å²) in [6.07, 6.45) is -1.03. The summed E-state index contributed by atoms with van der Waals surface area (Å²) in [4.78, 5) is 9.57. The van der Waals surface area contributed by atoms with Gasteiger partial charge < -0.3 is 10.2 Å². The topological polar surface area (TPSA) is 75.2 Å². The molecule has 1 aliphatic heterocycles. The van der Waals surface area contributed by atoms with E-state index in [0.29, 0.717) is 29.9 Å². The highest BCUT2D eigenvalue weighted by Crippen LogP contribution is 2.37. The molecule has 0 unspecified atom stereocenters. The van der Waals surface area contributed by atoms with Crippen LogP contribution in [0.3, 0.4) is 0 Å². The molecule has 1 fully saturated rings. The van der Waals surface area contributed by atoms with Gasteiger partial charge in [0, 0.05) is 61.6 Å². The molecule has 10 heteroatoms. The molecule has 1 aromatic carbocycles. The van der Waals surface area contributed by atoms with Gasteiger partial charge in [-0.3, -0.25) is 0 Å². The molecule has 0 spiro atoms. The lowest BCUT2D eigenvalue weighted by molar-refractivity contribution is -0.137. The zero-order chi connectivity index (χ0) is 18.9. The lowest BCUT2D eigenvalue weighted by Gasteiger charge is -2.31. The molecule has 26 heavy (non-hydrogen) atoms. The Morgan fingerprint density at radius 1 is 1.12 bits per heavy atom. The number of aromatic nitrogens is 2. The first-order chi connectivity index (χ1) is 12.2. The lowest BCUT2D eigenvalue weighted by Crippen LogP contribution is -2.43. The Balaban J connectivity index is 2.09. The first-order valence-electron chi connectivity index (χ1n) is 7.85. The summed E-state index contributed by atoms with van der Waals surface area (Å²) < 4.78 is 62.4. The molecule has 0 radical (unpaired) electrons. The highest BCUT2D eigenvalue weighted by atomic mass is 32.2. The summed E-state index contributed by atoms with van der Waals surface area (Å²) in [6.45, 7) is 2.76. The Kier molecular flexibility index (Phi) is 4.89. The molecular weight excluding hydrogens is 369 g/mol. The van der Waals surface area contributed by atoms with Crippen molar-refractivity contribution in [1.82, 2.24) is 15.3 Å². The lowest BCUT2D eigenvalue weighted by atomic mass is 10.0. The van der Waals surface area contributed by atoms with Crippen molar-refractivity contribution in [1.29, 1.82) is 0 Å². The Labute approximate surface area is 149 Å². The number of alkyl halides is 3. The van der Waals surface area contributed by atoms with Gasteiger partial charge in [-0.25, -0.2) is 18.4 Å². The average molecular weight is 386 g/mol. The van der Waals surface area contributed by atoms with E-state index >= 15 is 0 Å². The molecule has 2 aromatic rings. The predicted octanol–water partition coefficient (Wildman–Crippen LogP) is 1.98. The maximum absolute atomic E-state index is 13.1. The smallest absolute Gasteiger partial charge is 0.368 e. The van der Waals surface area contributed by atoms with E-state index in [-0.39, 0.29) is 5.16 Å². The highest BCUT2D eigenvalue weighted by molar-refractivity contribution is 7.90. The molecule has 1 aliphatic rings. The fraction of sp³-hybridized carbons (Fsp3) is 0.375. The van der Waals surface area contributed by atoms with Crippen LogP contribution in [-0.2, 0) is 16.0 Å². The normalized spacial score (nSPS) is 15.9. The molecule has 1 saturated heterocycles. The maximum Gasteiger partial charge on any atom is 0.416 e. The summed E-state index contributed by atoms with van der Waals surface area (Å²) in [6, 6.07) is 3.54. The number of hydrogen-bond donors (Lipinski definition) is 1. The molecule has 0 bridgehead atoms. The molecule has 140 valence electrons. The van der Waals surface area contributed by atoms with Crippen LogP contribution < -0.4 is 10.2 Å². The van der Waals surface area contributed by atoms with E-state index in [1.54, 1.807) is 0 Å². The van der Waals surface area contributed by atoms with E-state index in [1.165, 1.54) is 18.5 Å². The van der Waals surface area contributed by atoms with E-state index in [9.17, 15) is 21.6 Å². The molecule has 0 atom stereocenters. The quantitative estimate of drug-likeness (QED) is 0.813. The Morgan fingerprint density at radius 2 is 1.73 bits per heavy atom. The van der Waals surface area contributed by atoms with Crippen molar-refractivity contribution in [3.05, 3.63) is 36.2 Å². The highest BCUT2D eigenvalue weighted by Gasteiger charge is 2.32. The number of benzene rings is 1. The number of hydrogen-bond acceptors (Lipinski definition) is 6. The molecule has 1 N–H and O–H groups in total. The van der Waals surface area contributed by atoms with Gasteiger partial charge >= 0.3 is 6.18 Å². The Hall–Kier alpha value is -2.20. The summed E-state index contributed by atoms with van der Waals surface area (Å²) in [5, 5.41) is 2.83. The monoisotopic (exact) mass is 386 g/mol. The maximum atomic E-state index is 13.1. The van der Waals surface area contributed by atoms with Crippen LogP contribution in [-0.4, -0.2) is 50.8 Å². The van der Waals surface area contributed by atoms with Crippen LogP contribution in [0.25, 0.3) is 11.1 Å². The van der Waals surface area contributed by atoms with Gasteiger partial charge in [-0.2, -0.15) is 13.2 Å². The van der Waals surface area contributed by atoms with Crippen LogP contribution in [0.15, 0.2) is 35.7 Å². The number of halogens is 3. The second kappa shape index (κ2) is 6.84. The van der Waals surface area contributed by atoms with Gasteiger partial charge in [-0.05, 0) is 18.2 Å². The molecule has 6 nitrogen and oxygen atoms in total. The fourth-order valence-corrected chi connectivity index (χ4v) is 3.26. The van der Waals surface area contributed by atoms with E-state index in [0.717, 1.165) is 31.5 Å². The fourth-order valence-electron chi connectivity index (χ4n) is 2.77. The van der Waals surface area contributed by atoms with Crippen molar-refractivity contribution in [2.45, 2.75) is 11.3 Å². The van der Waals surface area contributed by atoms with Gasteiger partial charge in [0.1, 0.15) is 0 Å². The number of sulfone groups is 1. The summed E-state index contributed by atoms with van der Waals surface area (Å²) in [7, 11) is -3.58. The van der Waals surface area contributed by atoms with Gasteiger partial charge in [0.05, 0.1) is 5.56 Å². The molecule has 0 amide bonds. The van der Waals surface area contributed by atoms with Crippen molar-refractivity contribution in [3.63, 3.8) is 0 Å². The zero-order valence-electron chi connectivity index (χ0n) is 13.9. The SMILES string of the molecule is CS(=O)(=O)c1ncc(-c2cc(C(F)(F)F)ccc2N2CCNCC2)cn1. The minimum absolute atomic E-state index is 0.321. The van der Waals surface area contributed by atoms with Crippen molar-refractivity contribution in [2.75, 3.05) is 37.3 Å². The third kappa shape index (κ3) is 3.96. The molecule has 0 saturated carbocycles. The minimum atomic E-state index is -4.48. The van der Waals surface area contributed by atoms with Gasteiger partial charge in [-0.15, -0.1) is 0 Å². The van der Waals surface area contributed by atoms with E-state index in [2.05, 4.69) is 15.3 Å². The van der Waals surface area contributed by atoms with Crippen LogP contribution in [0.5, 0.6) is 0 Å². The molecule has 2 heterocycles. The Bertz CT molecular complexity index is 893. The third-order valence-electron chi connectivity index (χ3n) is 4.05.